The summed E-state index contributed by atoms with van der Waals surface area (Å²) in [6, 6.07) is 3.80. The van der Waals surface area contributed by atoms with Crippen molar-refractivity contribution in [2.75, 3.05) is 0 Å². The van der Waals surface area contributed by atoms with Gasteiger partial charge in [-0.2, -0.15) is 0 Å². The van der Waals surface area contributed by atoms with Crippen molar-refractivity contribution in [3.8, 4) is 5.75 Å². The quantitative estimate of drug-likeness (QED) is 0.515. The number of carbonyl (C=O) groups excluding carboxylic acids is 1. The van der Waals surface area contributed by atoms with E-state index in [2.05, 4.69) is 5.18 Å². The molecule has 0 aliphatic carbocycles. The van der Waals surface area contributed by atoms with Crippen molar-refractivity contribution >= 4 is 12.0 Å². The number of nitrogens with zero attached hydrogens (tertiary/aromatic N) is 1. The summed E-state index contributed by atoms with van der Waals surface area (Å²) in [5, 5.41) is 11.6. The van der Waals surface area contributed by atoms with E-state index < -0.39 is 0 Å². The molecule has 0 aromatic heterocycles. The van der Waals surface area contributed by atoms with Crippen LogP contribution in [0.5, 0.6) is 5.75 Å². The number of rotatable bonds is 2. The second-order valence-electron chi connectivity index (χ2n) is 1.95. The number of phenolic OH excluding ortho intramolecular Hbond substituents is 1. The predicted octanol–water partition coefficient (Wildman–Crippen LogP) is 1.60. The lowest BCUT2D eigenvalue weighted by Gasteiger charge is -1.94. The molecule has 0 unspecified atom stereocenters. The second kappa shape index (κ2) is 2.92. The number of hydrogen-bond acceptors (Lipinski definition) is 4. The van der Waals surface area contributed by atoms with Crippen molar-refractivity contribution in [3.05, 3.63) is 28.7 Å². The lowest BCUT2D eigenvalue weighted by Crippen LogP contribution is -1.78. The van der Waals surface area contributed by atoms with Crippen LogP contribution in [-0.4, -0.2) is 11.4 Å². The number of aromatic hydroxyl groups is 1. The molecule has 4 heteroatoms. The van der Waals surface area contributed by atoms with Crippen LogP contribution in [0.15, 0.2) is 23.4 Å². The van der Waals surface area contributed by atoms with E-state index in [1.165, 1.54) is 18.2 Å². The van der Waals surface area contributed by atoms with Crippen LogP contribution in [0.2, 0.25) is 0 Å². The molecule has 0 radical (unpaired) electrons. The molecule has 0 atom stereocenters. The van der Waals surface area contributed by atoms with Crippen LogP contribution in [0, 0.1) is 4.91 Å². The standard InChI is InChI=1S/C7H5NO3/c9-4-5-3-6(8-11)1-2-7(5)10/h1-4,10H. The molecule has 0 aliphatic heterocycles. The Labute approximate surface area is 62.4 Å². The Morgan fingerprint density at radius 3 is 2.73 bits per heavy atom. The predicted molar refractivity (Wildman–Crippen MR) is 38.9 cm³/mol. The van der Waals surface area contributed by atoms with Gasteiger partial charge in [0.15, 0.2) is 6.29 Å². The number of nitroso groups, excluding NO2 is 1. The number of benzene rings is 1. The summed E-state index contributed by atoms with van der Waals surface area (Å²) in [6.45, 7) is 0. The van der Waals surface area contributed by atoms with Crippen molar-refractivity contribution in [2.24, 2.45) is 5.18 Å². The van der Waals surface area contributed by atoms with Crippen molar-refractivity contribution in [1.29, 1.82) is 0 Å². The summed E-state index contributed by atoms with van der Waals surface area (Å²) in [7, 11) is 0. The molecule has 0 spiro atoms. The van der Waals surface area contributed by atoms with E-state index >= 15 is 0 Å². The molecule has 1 rings (SSSR count). The van der Waals surface area contributed by atoms with Crippen molar-refractivity contribution in [2.45, 2.75) is 0 Å². The summed E-state index contributed by atoms with van der Waals surface area (Å²) < 4.78 is 0. The summed E-state index contributed by atoms with van der Waals surface area (Å²) in [5.74, 6) is -0.146. The molecule has 4 nitrogen and oxygen atoms in total. The number of phenols is 1. The van der Waals surface area contributed by atoms with Gasteiger partial charge in [0.1, 0.15) is 11.4 Å². The van der Waals surface area contributed by atoms with Gasteiger partial charge in [0, 0.05) is 0 Å². The van der Waals surface area contributed by atoms with Gasteiger partial charge in [-0.05, 0) is 23.4 Å². The molecule has 56 valence electrons. The lowest BCUT2D eigenvalue weighted by molar-refractivity contribution is 0.112. The van der Waals surface area contributed by atoms with E-state index in [1.807, 2.05) is 0 Å². The molecule has 0 saturated carbocycles. The van der Waals surface area contributed by atoms with Crippen LogP contribution in [0.3, 0.4) is 0 Å². The average molecular weight is 151 g/mol. The van der Waals surface area contributed by atoms with Gasteiger partial charge in [-0.3, -0.25) is 4.79 Å². The molecule has 0 heterocycles. The summed E-state index contributed by atoms with van der Waals surface area (Å²) >= 11 is 0. The highest BCUT2D eigenvalue weighted by molar-refractivity contribution is 5.80. The highest BCUT2D eigenvalue weighted by Gasteiger charge is 2.00. The molecule has 0 saturated heterocycles. The molecule has 0 amide bonds. The van der Waals surface area contributed by atoms with Crippen LogP contribution in [0.25, 0.3) is 0 Å². The first-order valence-electron chi connectivity index (χ1n) is 2.89. The van der Waals surface area contributed by atoms with Gasteiger partial charge in [-0.15, -0.1) is 4.91 Å². The highest BCUT2D eigenvalue weighted by Crippen LogP contribution is 2.20. The second-order valence-corrected chi connectivity index (χ2v) is 1.95. The van der Waals surface area contributed by atoms with E-state index in [-0.39, 0.29) is 17.0 Å². The maximum atomic E-state index is 10.2. The van der Waals surface area contributed by atoms with E-state index in [0.717, 1.165) is 0 Å². The Hall–Kier alpha value is -1.71. The van der Waals surface area contributed by atoms with Crippen LogP contribution in [-0.2, 0) is 0 Å². The van der Waals surface area contributed by atoms with E-state index in [1.54, 1.807) is 0 Å². The monoisotopic (exact) mass is 151 g/mol. The minimum Gasteiger partial charge on any atom is -0.507 e. The van der Waals surface area contributed by atoms with E-state index in [4.69, 9.17) is 5.11 Å². The lowest BCUT2D eigenvalue weighted by atomic mass is 10.2. The number of aldehydes is 1. The van der Waals surface area contributed by atoms with Crippen molar-refractivity contribution in [1.82, 2.24) is 0 Å². The largest absolute Gasteiger partial charge is 0.507 e. The number of hydrogen-bond donors (Lipinski definition) is 1. The molecule has 1 N–H and O–H groups in total. The van der Waals surface area contributed by atoms with Gasteiger partial charge < -0.3 is 5.11 Å². The SMILES string of the molecule is O=Cc1cc(N=O)ccc1O. The zero-order valence-corrected chi connectivity index (χ0v) is 5.52. The van der Waals surface area contributed by atoms with Crippen molar-refractivity contribution < 1.29 is 9.90 Å². The number of carbonyl (C=O) groups is 1. The molecule has 0 bridgehead atoms. The van der Waals surface area contributed by atoms with Crippen LogP contribution >= 0.6 is 0 Å². The van der Waals surface area contributed by atoms with Crippen LogP contribution < -0.4 is 0 Å². The minimum atomic E-state index is -0.146. The third-order valence-corrected chi connectivity index (χ3v) is 1.24. The summed E-state index contributed by atoms with van der Waals surface area (Å²) in [4.78, 5) is 20.1. The zero-order valence-electron chi connectivity index (χ0n) is 5.52. The summed E-state index contributed by atoms with van der Waals surface area (Å²) in [5.41, 5.74) is 0.201. The molecular formula is C7H5NO3. The highest BCUT2D eigenvalue weighted by atomic mass is 16.3. The normalized spacial score (nSPS) is 9.09. The summed E-state index contributed by atoms with van der Waals surface area (Å²) in [6.07, 6.45) is 0.462. The Kier molecular flexibility index (Phi) is 1.96. The van der Waals surface area contributed by atoms with E-state index in [0.29, 0.717) is 6.29 Å². The fourth-order valence-corrected chi connectivity index (χ4v) is 0.693. The average Bonchev–Trinajstić information content (AvgIpc) is 2.05. The molecule has 1 aromatic carbocycles. The fraction of sp³-hybridized carbons (Fsp3) is 0. The van der Waals surface area contributed by atoms with Gasteiger partial charge in [0.05, 0.1) is 5.56 Å². The molecular weight excluding hydrogens is 146 g/mol. The van der Waals surface area contributed by atoms with Gasteiger partial charge in [0.25, 0.3) is 0 Å². The maximum absolute atomic E-state index is 10.2. The van der Waals surface area contributed by atoms with Crippen LogP contribution in [0.4, 0.5) is 5.69 Å². The molecule has 0 fully saturated rings. The van der Waals surface area contributed by atoms with E-state index in [9.17, 15) is 9.70 Å². The van der Waals surface area contributed by atoms with Crippen molar-refractivity contribution in [3.63, 3.8) is 0 Å². The first-order valence-corrected chi connectivity index (χ1v) is 2.89. The molecule has 1 aromatic rings. The Morgan fingerprint density at radius 2 is 2.18 bits per heavy atom. The Bertz CT molecular complexity index is 296. The van der Waals surface area contributed by atoms with Crippen LogP contribution in [0.1, 0.15) is 10.4 Å². The molecule has 0 aliphatic rings. The van der Waals surface area contributed by atoms with Gasteiger partial charge in [-0.1, -0.05) is 0 Å². The molecule has 11 heavy (non-hydrogen) atoms. The zero-order chi connectivity index (χ0) is 8.27. The third-order valence-electron chi connectivity index (χ3n) is 1.24. The van der Waals surface area contributed by atoms with Gasteiger partial charge in [0.2, 0.25) is 0 Å². The Morgan fingerprint density at radius 1 is 1.45 bits per heavy atom. The maximum Gasteiger partial charge on any atom is 0.153 e. The fourth-order valence-electron chi connectivity index (χ4n) is 0.693. The minimum absolute atomic E-state index is 0.0714. The smallest absolute Gasteiger partial charge is 0.153 e. The Balaban J connectivity index is 3.22. The third kappa shape index (κ3) is 1.40. The first kappa shape index (κ1) is 7.40. The topological polar surface area (TPSA) is 66.7 Å². The first-order chi connectivity index (χ1) is 5.27. The van der Waals surface area contributed by atoms with Gasteiger partial charge in [-0.25, -0.2) is 0 Å². The van der Waals surface area contributed by atoms with Gasteiger partial charge >= 0.3 is 0 Å².